The molecule has 1 aliphatic heterocycles. The number of carbonyl (C=O) groups is 2. The number of nitrogens with one attached hydrogen (secondary N) is 1. The Balaban J connectivity index is 1.50. The average Bonchev–Trinajstić information content (AvgIpc) is 3.10. The van der Waals surface area contributed by atoms with Gasteiger partial charge in [0.2, 0.25) is 11.8 Å². The Morgan fingerprint density at radius 1 is 1.09 bits per heavy atom. The van der Waals surface area contributed by atoms with E-state index in [9.17, 15) is 9.59 Å². The number of ether oxygens (including phenoxy) is 1. The number of rotatable bonds is 8. The van der Waals surface area contributed by atoms with E-state index in [4.69, 9.17) is 16.3 Å². The molecule has 8 heteroatoms. The van der Waals surface area contributed by atoms with Crippen LogP contribution in [0.5, 0.6) is 5.75 Å². The van der Waals surface area contributed by atoms with Crippen LogP contribution in [0.2, 0.25) is 5.02 Å². The van der Waals surface area contributed by atoms with Gasteiger partial charge in [0.1, 0.15) is 11.0 Å². The summed E-state index contributed by atoms with van der Waals surface area (Å²) in [6.07, 6.45) is 0.0383. The molecule has 1 N–H and O–H groups in total. The van der Waals surface area contributed by atoms with Crippen LogP contribution in [0.3, 0.4) is 0 Å². The minimum absolute atomic E-state index is 0.0383. The van der Waals surface area contributed by atoms with Crippen molar-refractivity contribution in [2.24, 2.45) is 4.99 Å². The van der Waals surface area contributed by atoms with Crippen molar-refractivity contribution in [2.75, 3.05) is 11.9 Å². The summed E-state index contributed by atoms with van der Waals surface area (Å²) in [6, 6.07) is 24.0. The second kappa shape index (κ2) is 11.2. The third kappa shape index (κ3) is 6.18. The first-order valence-electron chi connectivity index (χ1n) is 10.9. The molecule has 34 heavy (non-hydrogen) atoms. The zero-order valence-electron chi connectivity index (χ0n) is 18.6. The molecular formula is C26H24ClN3O3S. The maximum Gasteiger partial charge on any atom is 0.242 e. The van der Waals surface area contributed by atoms with Crippen molar-refractivity contribution < 1.29 is 14.3 Å². The van der Waals surface area contributed by atoms with Gasteiger partial charge in [0.25, 0.3) is 0 Å². The highest BCUT2D eigenvalue weighted by molar-refractivity contribution is 8.15. The Hall–Kier alpha value is -3.29. The van der Waals surface area contributed by atoms with E-state index < -0.39 is 5.25 Å². The first-order valence-corrected chi connectivity index (χ1v) is 12.2. The predicted octanol–water partition coefficient (Wildman–Crippen LogP) is 5.90. The average molecular weight is 494 g/mol. The smallest absolute Gasteiger partial charge is 0.242 e. The van der Waals surface area contributed by atoms with Gasteiger partial charge in [-0.3, -0.25) is 14.5 Å². The van der Waals surface area contributed by atoms with Crippen molar-refractivity contribution in [1.29, 1.82) is 0 Å². The highest BCUT2D eigenvalue weighted by Crippen LogP contribution is 2.33. The van der Waals surface area contributed by atoms with Gasteiger partial charge in [0.05, 0.1) is 18.8 Å². The van der Waals surface area contributed by atoms with Crippen molar-refractivity contribution in [3.63, 3.8) is 0 Å². The van der Waals surface area contributed by atoms with Crippen LogP contribution in [-0.2, 0) is 16.1 Å². The fraction of sp³-hybridized carbons (Fsp3) is 0.192. The maximum absolute atomic E-state index is 13.3. The largest absolute Gasteiger partial charge is 0.494 e. The number of carbonyl (C=O) groups excluding carboxylic acids is 2. The van der Waals surface area contributed by atoms with Gasteiger partial charge in [-0.05, 0) is 55.0 Å². The molecule has 0 spiro atoms. The van der Waals surface area contributed by atoms with Crippen LogP contribution in [0.4, 0.5) is 11.4 Å². The van der Waals surface area contributed by atoms with Crippen molar-refractivity contribution in [3.8, 4) is 5.75 Å². The normalized spacial score (nSPS) is 16.6. The fourth-order valence-electron chi connectivity index (χ4n) is 3.47. The Morgan fingerprint density at radius 2 is 1.85 bits per heavy atom. The molecule has 4 rings (SSSR count). The van der Waals surface area contributed by atoms with Crippen LogP contribution in [0.15, 0.2) is 83.9 Å². The molecule has 0 aromatic heterocycles. The number of anilines is 1. The summed E-state index contributed by atoms with van der Waals surface area (Å²) in [6.45, 7) is 2.87. The molecule has 174 valence electrons. The van der Waals surface area contributed by atoms with E-state index in [1.165, 1.54) is 11.8 Å². The Labute approximate surface area is 208 Å². The molecule has 0 saturated carbocycles. The van der Waals surface area contributed by atoms with E-state index in [1.54, 1.807) is 41.3 Å². The highest BCUT2D eigenvalue weighted by atomic mass is 35.5. The number of aliphatic imine (C=N–C) groups is 1. The van der Waals surface area contributed by atoms with Crippen molar-refractivity contribution in [2.45, 2.75) is 25.1 Å². The molecule has 2 amide bonds. The quantitative estimate of drug-likeness (QED) is 0.424. The zero-order chi connectivity index (χ0) is 23.9. The molecule has 0 radical (unpaired) electrons. The lowest BCUT2D eigenvalue weighted by molar-refractivity contribution is -0.128. The van der Waals surface area contributed by atoms with E-state index in [2.05, 4.69) is 10.3 Å². The number of halogens is 1. The number of amidine groups is 1. The summed E-state index contributed by atoms with van der Waals surface area (Å²) in [5.74, 6) is 0.357. The van der Waals surface area contributed by atoms with E-state index in [1.807, 2.05) is 49.4 Å². The highest BCUT2D eigenvalue weighted by Gasteiger charge is 2.39. The number of hydrogen-bond donors (Lipinski definition) is 1. The monoisotopic (exact) mass is 493 g/mol. The Morgan fingerprint density at radius 3 is 2.56 bits per heavy atom. The topological polar surface area (TPSA) is 71.0 Å². The molecular weight excluding hydrogens is 470 g/mol. The van der Waals surface area contributed by atoms with Gasteiger partial charge in [-0.15, -0.1) is 0 Å². The van der Waals surface area contributed by atoms with Gasteiger partial charge in [-0.25, -0.2) is 4.99 Å². The number of amides is 2. The van der Waals surface area contributed by atoms with E-state index in [-0.39, 0.29) is 18.2 Å². The summed E-state index contributed by atoms with van der Waals surface area (Å²) >= 11 is 7.41. The molecule has 1 heterocycles. The standard InChI is InChI=1S/C26H24ClN3O3S/c1-2-33-22-13-11-20(12-14-22)28-24(31)16-23-25(32)30(17-18-7-4-3-5-8-18)26(34-23)29-21-10-6-9-19(27)15-21/h3-15,23H,2,16-17H2,1H3,(H,28,31)/t23-/m0/s1. The van der Waals surface area contributed by atoms with Crippen LogP contribution in [0.1, 0.15) is 18.9 Å². The fourth-order valence-corrected chi connectivity index (χ4v) is 4.82. The van der Waals surface area contributed by atoms with E-state index in [0.29, 0.717) is 34.7 Å². The van der Waals surface area contributed by atoms with Gasteiger partial charge in [0.15, 0.2) is 5.17 Å². The molecule has 0 unspecified atom stereocenters. The third-order valence-corrected chi connectivity index (χ3v) is 6.47. The lowest BCUT2D eigenvalue weighted by Crippen LogP contribution is -2.33. The summed E-state index contributed by atoms with van der Waals surface area (Å²) in [5, 5.41) is 3.41. The van der Waals surface area contributed by atoms with Gasteiger partial charge in [-0.2, -0.15) is 0 Å². The summed E-state index contributed by atoms with van der Waals surface area (Å²) < 4.78 is 5.43. The number of thioether (sulfide) groups is 1. The summed E-state index contributed by atoms with van der Waals surface area (Å²) in [4.78, 5) is 32.3. The molecule has 6 nitrogen and oxygen atoms in total. The van der Waals surface area contributed by atoms with Gasteiger partial charge < -0.3 is 10.1 Å². The minimum Gasteiger partial charge on any atom is -0.494 e. The summed E-state index contributed by atoms with van der Waals surface area (Å²) in [5.41, 5.74) is 2.29. The van der Waals surface area contributed by atoms with Gasteiger partial charge in [-0.1, -0.05) is 59.8 Å². The van der Waals surface area contributed by atoms with Crippen LogP contribution < -0.4 is 10.1 Å². The SMILES string of the molecule is CCOc1ccc(NC(=O)C[C@@H]2SC(=Nc3cccc(Cl)c3)N(Cc3ccccc3)C2=O)cc1. The van der Waals surface area contributed by atoms with E-state index >= 15 is 0 Å². The molecule has 1 atom stereocenters. The molecule has 1 aliphatic rings. The number of benzene rings is 3. The number of hydrogen-bond acceptors (Lipinski definition) is 5. The van der Waals surface area contributed by atoms with Crippen molar-refractivity contribution in [1.82, 2.24) is 4.90 Å². The Kier molecular flexibility index (Phi) is 7.87. The molecule has 3 aromatic carbocycles. The van der Waals surface area contributed by atoms with Gasteiger partial charge in [0, 0.05) is 17.1 Å². The predicted molar refractivity (Wildman–Crippen MR) is 138 cm³/mol. The molecule has 1 saturated heterocycles. The van der Waals surface area contributed by atoms with Crippen LogP contribution in [-0.4, -0.2) is 33.7 Å². The van der Waals surface area contributed by atoms with Crippen LogP contribution in [0, 0.1) is 0 Å². The second-order valence-electron chi connectivity index (χ2n) is 7.60. The molecule has 1 fully saturated rings. The Bertz CT molecular complexity index is 1190. The molecule has 0 aliphatic carbocycles. The van der Waals surface area contributed by atoms with E-state index in [0.717, 1.165) is 11.3 Å². The van der Waals surface area contributed by atoms with Crippen molar-refractivity contribution >= 4 is 51.7 Å². The van der Waals surface area contributed by atoms with Crippen LogP contribution >= 0.6 is 23.4 Å². The molecule has 0 bridgehead atoms. The summed E-state index contributed by atoms with van der Waals surface area (Å²) in [7, 11) is 0. The first-order chi connectivity index (χ1) is 16.5. The second-order valence-corrected chi connectivity index (χ2v) is 9.21. The first kappa shape index (κ1) is 23.9. The zero-order valence-corrected chi connectivity index (χ0v) is 20.2. The van der Waals surface area contributed by atoms with Gasteiger partial charge >= 0.3 is 0 Å². The van der Waals surface area contributed by atoms with Crippen molar-refractivity contribution in [3.05, 3.63) is 89.4 Å². The van der Waals surface area contributed by atoms with Crippen LogP contribution in [0.25, 0.3) is 0 Å². The maximum atomic E-state index is 13.3. The lowest BCUT2D eigenvalue weighted by atomic mass is 10.2. The number of nitrogens with zero attached hydrogens (tertiary/aromatic N) is 2. The minimum atomic E-state index is -0.565. The third-order valence-electron chi connectivity index (χ3n) is 5.06. The lowest BCUT2D eigenvalue weighted by Gasteiger charge is -2.16. The molecule has 3 aromatic rings.